The minimum atomic E-state index is -3.39. The number of rotatable bonds is 6. The van der Waals surface area contributed by atoms with E-state index in [4.69, 9.17) is 9.47 Å². The molecule has 0 radical (unpaired) electrons. The van der Waals surface area contributed by atoms with Crippen molar-refractivity contribution in [1.29, 1.82) is 0 Å². The molecule has 0 unspecified atom stereocenters. The number of nitrogens with one attached hydrogen (secondary N) is 2. The molecule has 1 atom stereocenters. The average Bonchev–Trinajstić information content (AvgIpc) is 3.37. The zero-order chi connectivity index (χ0) is 20.4. The summed E-state index contributed by atoms with van der Waals surface area (Å²) in [6.45, 7) is 2.71. The normalized spacial score (nSPS) is 19.3. The molecule has 1 amide bonds. The monoisotopic (exact) mass is 420 g/mol. The highest BCUT2D eigenvalue weighted by atomic mass is 32.2. The fourth-order valence-electron chi connectivity index (χ4n) is 3.63. The van der Waals surface area contributed by atoms with Gasteiger partial charge in [-0.05, 0) is 44.0 Å². The molecule has 1 aromatic carbocycles. The van der Waals surface area contributed by atoms with Gasteiger partial charge in [0.25, 0.3) is 5.91 Å². The number of carbonyl (C=O) groups is 1. The number of hydrogen-bond acceptors (Lipinski definition) is 6. The van der Waals surface area contributed by atoms with Gasteiger partial charge in [0.15, 0.2) is 11.5 Å². The van der Waals surface area contributed by atoms with E-state index in [-0.39, 0.29) is 30.8 Å². The minimum absolute atomic E-state index is 0.0151. The molecule has 29 heavy (non-hydrogen) atoms. The Hall–Kier alpha value is -2.59. The van der Waals surface area contributed by atoms with Crippen LogP contribution in [-0.2, 0) is 10.0 Å². The maximum Gasteiger partial charge on any atom is 0.269 e. The number of piperidine rings is 1. The summed E-state index contributed by atoms with van der Waals surface area (Å²) in [7, 11) is -3.39. The molecule has 1 fully saturated rings. The van der Waals surface area contributed by atoms with E-state index in [9.17, 15) is 13.2 Å². The van der Waals surface area contributed by atoms with E-state index < -0.39 is 15.9 Å². The van der Waals surface area contributed by atoms with Crippen LogP contribution in [0.1, 0.15) is 36.7 Å². The first-order valence-electron chi connectivity index (χ1n) is 9.67. The number of fused-ring (bicyclic) bond motifs is 1. The van der Waals surface area contributed by atoms with Gasteiger partial charge < -0.3 is 14.8 Å². The van der Waals surface area contributed by atoms with Crippen molar-refractivity contribution >= 4 is 15.9 Å². The molecule has 1 saturated heterocycles. The lowest BCUT2D eigenvalue weighted by Gasteiger charge is -2.32. The molecule has 4 rings (SSSR count). The molecule has 2 aliphatic rings. The highest BCUT2D eigenvalue weighted by Gasteiger charge is 2.29. The smallest absolute Gasteiger partial charge is 0.269 e. The Kier molecular flexibility index (Phi) is 5.46. The molecule has 3 heterocycles. The van der Waals surface area contributed by atoms with Crippen molar-refractivity contribution in [2.45, 2.75) is 32.2 Å². The van der Waals surface area contributed by atoms with E-state index in [1.165, 1.54) is 0 Å². The Morgan fingerprint density at radius 1 is 1.28 bits per heavy atom. The number of aromatic nitrogens is 2. The zero-order valence-corrected chi connectivity index (χ0v) is 17.0. The summed E-state index contributed by atoms with van der Waals surface area (Å²) in [6, 6.07) is 7.05. The van der Waals surface area contributed by atoms with Crippen molar-refractivity contribution in [2.75, 3.05) is 25.6 Å². The summed E-state index contributed by atoms with van der Waals surface area (Å²) < 4.78 is 37.3. The van der Waals surface area contributed by atoms with Crippen LogP contribution in [0.3, 0.4) is 0 Å². The molecule has 156 valence electrons. The van der Waals surface area contributed by atoms with Crippen molar-refractivity contribution in [3.8, 4) is 22.8 Å². The number of amides is 1. The number of benzene rings is 1. The molecular formula is C19H24N4O5S. The van der Waals surface area contributed by atoms with Crippen molar-refractivity contribution in [3.63, 3.8) is 0 Å². The molecule has 0 aliphatic carbocycles. The van der Waals surface area contributed by atoms with Crippen LogP contribution in [0.5, 0.6) is 11.5 Å². The molecule has 9 nitrogen and oxygen atoms in total. The number of carbonyl (C=O) groups excluding carboxylic acids is 1. The van der Waals surface area contributed by atoms with Crippen LogP contribution in [0, 0.1) is 0 Å². The summed E-state index contributed by atoms with van der Waals surface area (Å²) in [5, 5.41) is 9.52. The second-order valence-corrected chi connectivity index (χ2v) is 9.30. The Labute approximate surface area is 169 Å². The van der Waals surface area contributed by atoms with Gasteiger partial charge in [-0.1, -0.05) is 6.42 Å². The van der Waals surface area contributed by atoms with Crippen molar-refractivity contribution < 1.29 is 22.7 Å². The number of ether oxygens (including phenoxy) is 2. The number of H-pyrrole nitrogens is 1. The topological polar surface area (TPSA) is 114 Å². The molecule has 0 spiro atoms. The largest absolute Gasteiger partial charge is 0.454 e. The summed E-state index contributed by atoms with van der Waals surface area (Å²) >= 11 is 0. The average molecular weight is 420 g/mol. The summed E-state index contributed by atoms with van der Waals surface area (Å²) in [4.78, 5) is 12.4. The van der Waals surface area contributed by atoms with E-state index >= 15 is 0 Å². The van der Waals surface area contributed by atoms with Gasteiger partial charge in [-0.25, -0.2) is 8.42 Å². The first-order valence-corrected chi connectivity index (χ1v) is 11.3. The van der Waals surface area contributed by atoms with Gasteiger partial charge in [-0.2, -0.15) is 9.40 Å². The van der Waals surface area contributed by atoms with E-state index in [2.05, 4.69) is 15.5 Å². The molecular weight excluding hydrogens is 396 g/mol. The van der Waals surface area contributed by atoms with Crippen molar-refractivity contribution in [2.24, 2.45) is 0 Å². The molecule has 10 heteroatoms. The Morgan fingerprint density at radius 3 is 2.93 bits per heavy atom. The van der Waals surface area contributed by atoms with Crippen LogP contribution in [0.15, 0.2) is 24.3 Å². The summed E-state index contributed by atoms with van der Waals surface area (Å²) in [6.07, 6.45) is 2.81. The Balaban J connectivity index is 1.35. The minimum Gasteiger partial charge on any atom is -0.454 e. The lowest BCUT2D eigenvalue weighted by molar-refractivity contribution is 0.0951. The maximum absolute atomic E-state index is 12.5. The fourth-order valence-corrected chi connectivity index (χ4v) is 5.29. The number of aromatic amines is 1. The van der Waals surface area contributed by atoms with Crippen LogP contribution >= 0.6 is 0 Å². The number of hydrogen-bond donors (Lipinski definition) is 2. The van der Waals surface area contributed by atoms with Crippen LogP contribution in [0.25, 0.3) is 11.3 Å². The predicted octanol–water partition coefficient (Wildman–Crippen LogP) is 1.74. The second-order valence-electron chi connectivity index (χ2n) is 7.26. The van der Waals surface area contributed by atoms with Crippen LogP contribution < -0.4 is 14.8 Å². The first kappa shape index (κ1) is 19.7. The van der Waals surface area contributed by atoms with Gasteiger partial charge in [0, 0.05) is 24.7 Å². The quantitative estimate of drug-likeness (QED) is 0.736. The van der Waals surface area contributed by atoms with Crippen LogP contribution in [0.2, 0.25) is 0 Å². The zero-order valence-electron chi connectivity index (χ0n) is 16.2. The van der Waals surface area contributed by atoms with Gasteiger partial charge in [-0.15, -0.1) is 0 Å². The lowest BCUT2D eigenvalue weighted by atomic mass is 10.1. The van der Waals surface area contributed by atoms with E-state index in [0.717, 1.165) is 24.8 Å². The third-order valence-electron chi connectivity index (χ3n) is 5.24. The lowest BCUT2D eigenvalue weighted by Crippen LogP contribution is -2.45. The summed E-state index contributed by atoms with van der Waals surface area (Å²) in [5.41, 5.74) is 1.64. The number of sulfonamides is 1. The highest BCUT2D eigenvalue weighted by Crippen LogP contribution is 2.35. The maximum atomic E-state index is 12.5. The van der Waals surface area contributed by atoms with Crippen molar-refractivity contribution in [1.82, 2.24) is 19.8 Å². The standard InChI is InChI=1S/C19H24N4O5S/c1-13-4-2-3-8-23(13)29(25,26)9-7-20-19(24)16-11-15(21-22-16)14-5-6-17-18(10-14)28-12-27-17/h5-6,10-11,13H,2-4,7-9,12H2,1H3,(H,20,24)(H,21,22)/t13-/m1/s1. The third kappa shape index (κ3) is 4.23. The predicted molar refractivity (Wildman–Crippen MR) is 106 cm³/mol. The van der Waals surface area contributed by atoms with Gasteiger partial charge in [0.1, 0.15) is 5.69 Å². The molecule has 0 bridgehead atoms. The van der Waals surface area contributed by atoms with E-state index in [1.807, 2.05) is 13.0 Å². The van der Waals surface area contributed by atoms with E-state index in [0.29, 0.717) is 23.7 Å². The van der Waals surface area contributed by atoms with Gasteiger partial charge in [0.2, 0.25) is 16.8 Å². The van der Waals surface area contributed by atoms with Gasteiger partial charge >= 0.3 is 0 Å². The van der Waals surface area contributed by atoms with Gasteiger partial charge in [0.05, 0.1) is 11.4 Å². The fraction of sp³-hybridized carbons (Fsp3) is 0.474. The summed E-state index contributed by atoms with van der Waals surface area (Å²) in [5.74, 6) is 0.790. The molecule has 2 aromatic rings. The number of nitrogens with zero attached hydrogens (tertiary/aromatic N) is 2. The van der Waals surface area contributed by atoms with E-state index in [1.54, 1.807) is 22.5 Å². The second kappa shape index (κ2) is 8.03. The van der Waals surface area contributed by atoms with Gasteiger partial charge in [-0.3, -0.25) is 9.89 Å². The molecule has 1 aromatic heterocycles. The van der Waals surface area contributed by atoms with Crippen molar-refractivity contribution in [3.05, 3.63) is 30.0 Å². The van der Waals surface area contributed by atoms with Crippen LogP contribution in [0.4, 0.5) is 0 Å². The molecule has 0 saturated carbocycles. The first-order chi connectivity index (χ1) is 13.9. The Bertz CT molecular complexity index is 1000. The van der Waals surface area contributed by atoms with Crippen LogP contribution in [-0.4, -0.2) is 60.5 Å². The Morgan fingerprint density at radius 2 is 2.10 bits per heavy atom. The molecule has 2 aliphatic heterocycles. The SMILES string of the molecule is C[C@@H]1CCCCN1S(=O)(=O)CCNC(=O)c1cc(-c2ccc3c(c2)OCO3)n[nH]1. The highest BCUT2D eigenvalue weighted by molar-refractivity contribution is 7.89. The third-order valence-corrected chi connectivity index (χ3v) is 7.21. The molecule has 2 N–H and O–H groups in total.